The number of esters is 1. The molecule has 0 aliphatic heterocycles. The maximum Gasteiger partial charge on any atom is 0.339 e. The molecule has 0 spiro atoms. The van der Waals surface area contributed by atoms with E-state index in [1.807, 2.05) is 26.0 Å². The van der Waals surface area contributed by atoms with Gasteiger partial charge in [-0.15, -0.1) is 0 Å². The number of nitro groups is 1. The highest BCUT2D eigenvalue weighted by atomic mass is 16.6. The molecule has 0 atom stereocenters. The standard InChI is InChI=1S/C25H19N3O5/c1-15-10-16(2)24-20(11-15)21(13-22(27-24)17-6-8-26-9-7-17)25(30)33-14-23(29)18-4-3-5-19(12-18)28(31)32/h3-13H,14H2,1-2H3. The number of nitrogens with zero attached hydrogens (tertiary/aromatic N) is 3. The van der Waals surface area contributed by atoms with Crippen LogP contribution in [0.4, 0.5) is 5.69 Å². The van der Waals surface area contributed by atoms with Crippen molar-refractivity contribution < 1.29 is 19.2 Å². The van der Waals surface area contributed by atoms with Crippen LogP contribution in [0.2, 0.25) is 0 Å². The summed E-state index contributed by atoms with van der Waals surface area (Å²) in [7, 11) is 0. The lowest BCUT2D eigenvalue weighted by atomic mass is 10.00. The van der Waals surface area contributed by atoms with Gasteiger partial charge in [-0.2, -0.15) is 0 Å². The molecule has 164 valence electrons. The summed E-state index contributed by atoms with van der Waals surface area (Å²) in [4.78, 5) is 44.7. The number of hydrogen-bond acceptors (Lipinski definition) is 7. The van der Waals surface area contributed by atoms with Gasteiger partial charge in [0.2, 0.25) is 5.78 Å². The molecule has 0 saturated heterocycles. The predicted octanol–water partition coefficient (Wildman–Crippen LogP) is 4.86. The summed E-state index contributed by atoms with van der Waals surface area (Å²) in [6.45, 7) is 3.29. The molecule has 0 bridgehead atoms. The Morgan fingerprint density at radius 1 is 1.03 bits per heavy atom. The van der Waals surface area contributed by atoms with Gasteiger partial charge >= 0.3 is 5.97 Å². The van der Waals surface area contributed by atoms with Gasteiger partial charge in [-0.05, 0) is 43.7 Å². The van der Waals surface area contributed by atoms with Crippen molar-refractivity contribution in [3.63, 3.8) is 0 Å². The van der Waals surface area contributed by atoms with E-state index in [0.29, 0.717) is 16.6 Å². The Kier molecular flexibility index (Phi) is 5.91. The molecule has 33 heavy (non-hydrogen) atoms. The van der Waals surface area contributed by atoms with Gasteiger partial charge in [0.15, 0.2) is 6.61 Å². The normalized spacial score (nSPS) is 10.7. The van der Waals surface area contributed by atoms with Gasteiger partial charge in [0, 0.05) is 41.0 Å². The zero-order chi connectivity index (χ0) is 23.5. The largest absolute Gasteiger partial charge is 0.454 e. The Hall–Kier alpha value is -4.46. The third kappa shape index (κ3) is 4.59. The number of ketones is 1. The lowest BCUT2D eigenvalue weighted by Gasteiger charge is -2.12. The number of aromatic nitrogens is 2. The van der Waals surface area contributed by atoms with Crippen molar-refractivity contribution in [1.82, 2.24) is 9.97 Å². The molecule has 0 aliphatic rings. The van der Waals surface area contributed by atoms with E-state index in [4.69, 9.17) is 9.72 Å². The third-order valence-electron chi connectivity index (χ3n) is 5.16. The van der Waals surface area contributed by atoms with Crippen LogP contribution in [0.15, 0.2) is 67.0 Å². The van der Waals surface area contributed by atoms with E-state index in [2.05, 4.69) is 4.98 Å². The number of aryl methyl sites for hydroxylation is 2. The molecule has 2 aromatic carbocycles. The van der Waals surface area contributed by atoms with Gasteiger partial charge in [0.05, 0.1) is 21.7 Å². The zero-order valence-electron chi connectivity index (χ0n) is 17.9. The Bertz CT molecular complexity index is 1400. The minimum absolute atomic E-state index is 0.0979. The summed E-state index contributed by atoms with van der Waals surface area (Å²) in [6.07, 6.45) is 3.28. The number of fused-ring (bicyclic) bond motifs is 1. The maximum atomic E-state index is 13.1. The van der Waals surface area contributed by atoms with E-state index in [0.717, 1.165) is 22.8 Å². The van der Waals surface area contributed by atoms with Gasteiger partial charge in [0.25, 0.3) is 5.69 Å². The quantitative estimate of drug-likeness (QED) is 0.182. The van der Waals surface area contributed by atoms with Crippen LogP contribution in [-0.4, -0.2) is 33.3 Å². The molecular weight excluding hydrogens is 422 g/mol. The topological polar surface area (TPSA) is 112 Å². The highest BCUT2D eigenvalue weighted by molar-refractivity contribution is 6.07. The van der Waals surface area contributed by atoms with E-state index in [9.17, 15) is 19.7 Å². The lowest BCUT2D eigenvalue weighted by molar-refractivity contribution is -0.384. The number of Topliss-reactive ketones (excluding diaryl/α,β-unsaturated/α-hetero) is 1. The van der Waals surface area contributed by atoms with Crippen molar-refractivity contribution in [2.45, 2.75) is 13.8 Å². The van der Waals surface area contributed by atoms with Gasteiger partial charge in [0.1, 0.15) is 0 Å². The fourth-order valence-corrected chi connectivity index (χ4v) is 3.61. The first kappa shape index (κ1) is 21.8. The van der Waals surface area contributed by atoms with E-state index in [1.165, 1.54) is 18.2 Å². The Morgan fingerprint density at radius 3 is 2.52 bits per heavy atom. The van der Waals surface area contributed by atoms with Crippen LogP contribution in [0.1, 0.15) is 31.8 Å². The van der Waals surface area contributed by atoms with Crippen LogP contribution in [0.3, 0.4) is 0 Å². The van der Waals surface area contributed by atoms with Crippen LogP contribution >= 0.6 is 0 Å². The Balaban J connectivity index is 1.68. The second kappa shape index (κ2) is 8.96. The van der Waals surface area contributed by atoms with Gasteiger partial charge in [-0.1, -0.05) is 23.8 Å². The molecule has 0 N–H and O–H groups in total. The average Bonchev–Trinajstić information content (AvgIpc) is 2.82. The monoisotopic (exact) mass is 441 g/mol. The first-order chi connectivity index (χ1) is 15.8. The predicted molar refractivity (Wildman–Crippen MR) is 122 cm³/mol. The molecule has 0 fully saturated rings. The molecule has 2 aromatic heterocycles. The summed E-state index contributed by atoms with van der Waals surface area (Å²) in [5.41, 5.74) is 4.06. The summed E-state index contributed by atoms with van der Waals surface area (Å²) < 4.78 is 5.32. The molecule has 0 unspecified atom stereocenters. The van der Waals surface area contributed by atoms with Crippen LogP contribution in [0, 0.1) is 24.0 Å². The fourth-order valence-electron chi connectivity index (χ4n) is 3.61. The second-order valence-corrected chi connectivity index (χ2v) is 7.58. The molecule has 4 rings (SSSR count). The summed E-state index contributed by atoms with van der Waals surface area (Å²) in [6, 6.07) is 14.4. The van der Waals surface area contributed by atoms with Crippen LogP contribution in [-0.2, 0) is 4.74 Å². The van der Waals surface area contributed by atoms with Crippen molar-refractivity contribution in [2.24, 2.45) is 0 Å². The fraction of sp³-hybridized carbons (Fsp3) is 0.120. The molecule has 2 heterocycles. The molecule has 0 radical (unpaired) electrons. The SMILES string of the molecule is Cc1cc(C)c2nc(-c3ccncc3)cc(C(=O)OCC(=O)c3cccc([N+](=O)[O-])c3)c2c1. The number of ether oxygens (including phenoxy) is 1. The number of carbonyl (C=O) groups is 2. The highest BCUT2D eigenvalue weighted by Gasteiger charge is 2.19. The number of pyridine rings is 2. The minimum Gasteiger partial charge on any atom is -0.454 e. The van der Waals surface area contributed by atoms with Gasteiger partial charge in [-0.3, -0.25) is 19.9 Å². The van der Waals surface area contributed by atoms with E-state index in [1.54, 1.807) is 30.6 Å². The maximum absolute atomic E-state index is 13.1. The number of benzene rings is 2. The van der Waals surface area contributed by atoms with E-state index in [-0.39, 0.29) is 16.8 Å². The number of nitro benzene ring substituents is 1. The van der Waals surface area contributed by atoms with Crippen molar-refractivity contribution >= 4 is 28.3 Å². The van der Waals surface area contributed by atoms with Crippen molar-refractivity contribution in [1.29, 1.82) is 0 Å². The highest BCUT2D eigenvalue weighted by Crippen LogP contribution is 2.28. The molecule has 4 aromatic rings. The Morgan fingerprint density at radius 2 is 1.79 bits per heavy atom. The second-order valence-electron chi connectivity index (χ2n) is 7.58. The molecular formula is C25H19N3O5. The number of non-ortho nitro benzene ring substituents is 1. The molecule has 0 saturated carbocycles. The van der Waals surface area contributed by atoms with Crippen LogP contribution in [0.25, 0.3) is 22.2 Å². The van der Waals surface area contributed by atoms with Crippen LogP contribution in [0.5, 0.6) is 0 Å². The van der Waals surface area contributed by atoms with Crippen molar-refractivity contribution in [2.75, 3.05) is 6.61 Å². The minimum atomic E-state index is -0.679. The smallest absolute Gasteiger partial charge is 0.339 e. The van der Waals surface area contributed by atoms with E-state index < -0.39 is 23.3 Å². The molecule has 8 nitrogen and oxygen atoms in total. The third-order valence-corrected chi connectivity index (χ3v) is 5.16. The molecule has 0 aliphatic carbocycles. The average molecular weight is 441 g/mol. The number of hydrogen-bond donors (Lipinski definition) is 0. The first-order valence-electron chi connectivity index (χ1n) is 10.1. The number of carbonyl (C=O) groups excluding carboxylic acids is 2. The Labute approximate surface area is 189 Å². The van der Waals surface area contributed by atoms with E-state index >= 15 is 0 Å². The molecule has 8 heteroatoms. The van der Waals surface area contributed by atoms with Crippen molar-refractivity contribution in [3.8, 4) is 11.3 Å². The zero-order valence-corrected chi connectivity index (χ0v) is 17.9. The summed E-state index contributed by atoms with van der Waals surface area (Å²) >= 11 is 0. The molecule has 0 amide bonds. The summed E-state index contributed by atoms with van der Waals surface area (Å²) in [5, 5.41) is 11.6. The van der Waals surface area contributed by atoms with Crippen LogP contribution < -0.4 is 0 Å². The summed E-state index contributed by atoms with van der Waals surface area (Å²) in [5.74, 6) is -1.21. The number of rotatable bonds is 6. The van der Waals surface area contributed by atoms with Gasteiger partial charge < -0.3 is 4.74 Å². The van der Waals surface area contributed by atoms with Gasteiger partial charge in [-0.25, -0.2) is 9.78 Å². The lowest BCUT2D eigenvalue weighted by Crippen LogP contribution is -2.15. The first-order valence-corrected chi connectivity index (χ1v) is 10.1. The van der Waals surface area contributed by atoms with Crippen molar-refractivity contribution in [3.05, 3.63) is 99.4 Å².